The third-order valence-corrected chi connectivity index (χ3v) is 4.53. The molecule has 4 rings (SSSR count). The highest BCUT2D eigenvalue weighted by molar-refractivity contribution is 6.06. The summed E-state index contributed by atoms with van der Waals surface area (Å²) in [5.41, 5.74) is 4.30. The molecule has 0 saturated heterocycles. The van der Waals surface area contributed by atoms with Crippen molar-refractivity contribution in [2.45, 2.75) is 26.8 Å². The zero-order valence-corrected chi connectivity index (χ0v) is 15.3. The molecule has 0 aliphatic carbocycles. The molecule has 1 amide bonds. The Balaban J connectivity index is 1.57. The zero-order valence-electron chi connectivity index (χ0n) is 15.3. The van der Waals surface area contributed by atoms with E-state index in [4.69, 9.17) is 4.52 Å². The van der Waals surface area contributed by atoms with Crippen LogP contribution in [-0.4, -0.2) is 25.6 Å². The predicted molar refractivity (Wildman–Crippen MR) is 101 cm³/mol. The van der Waals surface area contributed by atoms with Gasteiger partial charge < -0.3 is 14.4 Å². The Morgan fingerprint density at radius 3 is 2.70 bits per heavy atom. The van der Waals surface area contributed by atoms with Crippen molar-refractivity contribution in [2.75, 3.05) is 0 Å². The first-order chi connectivity index (χ1) is 13.0. The predicted octanol–water partition coefficient (Wildman–Crippen LogP) is 3.52. The van der Waals surface area contributed by atoms with Gasteiger partial charge in [-0.2, -0.15) is 0 Å². The molecule has 0 fully saturated rings. The highest BCUT2D eigenvalue weighted by Crippen LogP contribution is 2.23. The van der Waals surface area contributed by atoms with E-state index in [-0.39, 0.29) is 11.9 Å². The van der Waals surface area contributed by atoms with Crippen molar-refractivity contribution in [2.24, 2.45) is 0 Å². The smallest absolute Gasteiger partial charge is 0.258 e. The molecule has 1 atom stereocenters. The Kier molecular flexibility index (Phi) is 4.19. The number of nitrogens with zero attached hydrogens (tertiary/aromatic N) is 4. The maximum Gasteiger partial charge on any atom is 0.258 e. The summed E-state index contributed by atoms with van der Waals surface area (Å²) in [5.74, 6) is -0.178. The molecule has 3 heterocycles. The summed E-state index contributed by atoms with van der Waals surface area (Å²) in [6, 6.07) is 9.60. The van der Waals surface area contributed by atoms with Gasteiger partial charge in [-0.15, -0.1) is 0 Å². The van der Waals surface area contributed by atoms with Crippen molar-refractivity contribution >= 4 is 17.0 Å². The molecule has 27 heavy (non-hydrogen) atoms. The Labute approximate surface area is 156 Å². The SMILES string of the molecule is Cc1cc(C(=O)NC(C)c2ccc(-n3ccnc3)cc2)c2c(C)noc2n1. The summed E-state index contributed by atoms with van der Waals surface area (Å²) in [5, 5.41) is 7.63. The van der Waals surface area contributed by atoms with E-state index in [2.05, 4.69) is 20.4 Å². The van der Waals surface area contributed by atoms with Gasteiger partial charge in [-0.25, -0.2) is 9.97 Å². The highest BCUT2D eigenvalue weighted by Gasteiger charge is 2.19. The summed E-state index contributed by atoms with van der Waals surface area (Å²) in [6.07, 6.45) is 5.37. The Morgan fingerprint density at radius 2 is 2.00 bits per heavy atom. The zero-order chi connectivity index (χ0) is 19.0. The monoisotopic (exact) mass is 361 g/mol. The first kappa shape index (κ1) is 17.0. The molecule has 4 aromatic rings. The number of benzene rings is 1. The number of rotatable bonds is 4. The van der Waals surface area contributed by atoms with Crippen LogP contribution < -0.4 is 5.32 Å². The first-order valence-corrected chi connectivity index (χ1v) is 8.65. The van der Waals surface area contributed by atoms with E-state index >= 15 is 0 Å². The largest absolute Gasteiger partial charge is 0.345 e. The van der Waals surface area contributed by atoms with Gasteiger partial charge in [0.15, 0.2) is 0 Å². The summed E-state index contributed by atoms with van der Waals surface area (Å²) >= 11 is 0. The van der Waals surface area contributed by atoms with Crippen molar-refractivity contribution in [3.63, 3.8) is 0 Å². The summed E-state index contributed by atoms with van der Waals surface area (Å²) in [7, 11) is 0. The number of hydrogen-bond donors (Lipinski definition) is 1. The third kappa shape index (κ3) is 3.19. The van der Waals surface area contributed by atoms with Crippen molar-refractivity contribution in [3.8, 4) is 5.69 Å². The van der Waals surface area contributed by atoms with Crippen LogP contribution in [0.3, 0.4) is 0 Å². The lowest BCUT2D eigenvalue weighted by Gasteiger charge is -2.15. The first-order valence-electron chi connectivity index (χ1n) is 8.65. The standard InChI is InChI=1S/C20H19N5O2/c1-12-10-17(18-14(3)24-27-20(18)22-12)19(26)23-13(2)15-4-6-16(7-5-15)25-9-8-21-11-25/h4-11,13H,1-3H3,(H,23,26). The van der Waals surface area contributed by atoms with Crippen molar-refractivity contribution < 1.29 is 9.32 Å². The van der Waals surface area contributed by atoms with Gasteiger partial charge in [-0.05, 0) is 44.5 Å². The van der Waals surface area contributed by atoms with E-state index in [1.807, 2.05) is 48.9 Å². The minimum Gasteiger partial charge on any atom is -0.345 e. The van der Waals surface area contributed by atoms with E-state index in [0.717, 1.165) is 11.3 Å². The minimum absolute atomic E-state index is 0.155. The molecule has 7 heteroatoms. The Morgan fingerprint density at radius 1 is 1.22 bits per heavy atom. The minimum atomic E-state index is -0.178. The van der Waals surface area contributed by atoms with Gasteiger partial charge in [0.1, 0.15) is 0 Å². The number of pyridine rings is 1. The maximum atomic E-state index is 12.9. The Hall–Kier alpha value is -3.48. The van der Waals surface area contributed by atoms with Crippen LogP contribution in [0, 0.1) is 13.8 Å². The second-order valence-corrected chi connectivity index (χ2v) is 6.52. The number of aryl methyl sites for hydroxylation is 2. The van der Waals surface area contributed by atoms with Gasteiger partial charge in [0.05, 0.1) is 29.0 Å². The molecule has 1 aromatic carbocycles. The number of carbonyl (C=O) groups excluding carboxylic acids is 1. The van der Waals surface area contributed by atoms with E-state index in [9.17, 15) is 4.79 Å². The fourth-order valence-electron chi connectivity index (χ4n) is 3.10. The second kappa shape index (κ2) is 6.68. The average Bonchev–Trinajstić information content (AvgIpc) is 3.31. The molecule has 1 N–H and O–H groups in total. The van der Waals surface area contributed by atoms with Crippen LogP contribution in [0.2, 0.25) is 0 Å². The summed E-state index contributed by atoms with van der Waals surface area (Å²) in [6.45, 7) is 5.58. The van der Waals surface area contributed by atoms with Gasteiger partial charge in [0.25, 0.3) is 11.6 Å². The lowest BCUT2D eigenvalue weighted by atomic mass is 10.1. The number of aromatic nitrogens is 4. The molecule has 7 nitrogen and oxygen atoms in total. The summed E-state index contributed by atoms with van der Waals surface area (Å²) in [4.78, 5) is 21.2. The fraction of sp³-hybridized carbons (Fsp3) is 0.200. The number of nitrogens with one attached hydrogen (secondary N) is 1. The fourth-order valence-corrected chi connectivity index (χ4v) is 3.10. The number of amides is 1. The molecular formula is C20H19N5O2. The van der Waals surface area contributed by atoms with Gasteiger partial charge in [0.2, 0.25) is 0 Å². The number of imidazole rings is 1. The van der Waals surface area contributed by atoms with Crippen LogP contribution in [0.25, 0.3) is 16.8 Å². The average molecular weight is 361 g/mol. The van der Waals surface area contributed by atoms with E-state index in [0.29, 0.717) is 28.1 Å². The van der Waals surface area contributed by atoms with Crippen LogP contribution in [0.1, 0.15) is 40.3 Å². The lowest BCUT2D eigenvalue weighted by Crippen LogP contribution is -2.27. The van der Waals surface area contributed by atoms with Gasteiger partial charge >= 0.3 is 0 Å². The van der Waals surface area contributed by atoms with Crippen LogP contribution >= 0.6 is 0 Å². The molecule has 0 aliphatic rings. The molecule has 0 bridgehead atoms. The van der Waals surface area contributed by atoms with Crippen molar-refractivity contribution in [1.29, 1.82) is 0 Å². The summed E-state index contributed by atoms with van der Waals surface area (Å²) < 4.78 is 7.14. The molecule has 0 radical (unpaired) electrons. The van der Waals surface area contributed by atoms with Crippen LogP contribution in [0.4, 0.5) is 0 Å². The van der Waals surface area contributed by atoms with Crippen molar-refractivity contribution in [3.05, 3.63) is 71.6 Å². The molecule has 3 aromatic heterocycles. The maximum absolute atomic E-state index is 12.9. The quantitative estimate of drug-likeness (QED) is 0.601. The molecule has 0 aliphatic heterocycles. The molecular weight excluding hydrogens is 342 g/mol. The van der Waals surface area contributed by atoms with Crippen LogP contribution in [0.15, 0.2) is 53.6 Å². The molecule has 0 saturated carbocycles. The van der Waals surface area contributed by atoms with Crippen molar-refractivity contribution in [1.82, 2.24) is 25.0 Å². The normalized spacial score (nSPS) is 12.3. The second-order valence-electron chi connectivity index (χ2n) is 6.52. The Bertz CT molecular complexity index is 1100. The van der Waals surface area contributed by atoms with Crippen LogP contribution in [-0.2, 0) is 0 Å². The van der Waals surface area contributed by atoms with E-state index in [1.54, 1.807) is 25.5 Å². The van der Waals surface area contributed by atoms with Gasteiger partial charge in [0, 0.05) is 23.8 Å². The number of carbonyl (C=O) groups is 1. The lowest BCUT2D eigenvalue weighted by molar-refractivity contribution is 0.0941. The topological polar surface area (TPSA) is 85.8 Å². The van der Waals surface area contributed by atoms with Gasteiger partial charge in [-0.3, -0.25) is 4.79 Å². The van der Waals surface area contributed by atoms with E-state index < -0.39 is 0 Å². The highest BCUT2D eigenvalue weighted by atomic mass is 16.5. The molecule has 1 unspecified atom stereocenters. The third-order valence-electron chi connectivity index (χ3n) is 4.53. The van der Waals surface area contributed by atoms with Crippen LogP contribution in [0.5, 0.6) is 0 Å². The number of hydrogen-bond acceptors (Lipinski definition) is 5. The number of fused-ring (bicyclic) bond motifs is 1. The van der Waals surface area contributed by atoms with Gasteiger partial charge in [-0.1, -0.05) is 17.3 Å². The molecule has 136 valence electrons. The van der Waals surface area contributed by atoms with E-state index in [1.165, 1.54) is 0 Å². The molecule has 0 spiro atoms.